The van der Waals surface area contributed by atoms with Crippen LogP contribution in [0.4, 0.5) is 0 Å². The van der Waals surface area contributed by atoms with E-state index in [0.717, 1.165) is 64.4 Å². The summed E-state index contributed by atoms with van der Waals surface area (Å²) in [6.07, 6.45) is 5.50. The van der Waals surface area contributed by atoms with Crippen molar-refractivity contribution < 1.29 is 4.79 Å². The molecule has 2 unspecified atom stereocenters. The van der Waals surface area contributed by atoms with Crippen molar-refractivity contribution in [3.05, 3.63) is 35.9 Å². The van der Waals surface area contributed by atoms with Gasteiger partial charge in [-0.1, -0.05) is 30.3 Å². The Morgan fingerprint density at radius 2 is 1.97 bits per heavy atom. The van der Waals surface area contributed by atoms with Gasteiger partial charge in [0.25, 0.3) is 0 Å². The van der Waals surface area contributed by atoms with Crippen molar-refractivity contribution in [2.45, 2.75) is 38.1 Å². The number of guanidine groups is 1. The van der Waals surface area contributed by atoms with Gasteiger partial charge in [0, 0.05) is 47.3 Å². The van der Waals surface area contributed by atoms with E-state index in [-0.39, 0.29) is 35.9 Å². The lowest BCUT2D eigenvalue weighted by Crippen LogP contribution is -2.44. The molecule has 0 bridgehead atoms. The number of carbonyl (C=O) groups is 1. The fourth-order valence-corrected chi connectivity index (χ4v) is 4.63. The molecule has 2 aliphatic heterocycles. The van der Waals surface area contributed by atoms with Crippen LogP contribution in [-0.4, -0.2) is 86.5 Å². The largest absolute Gasteiger partial charge is 0.356 e. The predicted molar refractivity (Wildman–Crippen MR) is 135 cm³/mol. The summed E-state index contributed by atoms with van der Waals surface area (Å²) in [6, 6.07) is 10.8. The molecule has 0 aromatic heterocycles. The van der Waals surface area contributed by atoms with Gasteiger partial charge in [0.2, 0.25) is 5.91 Å². The van der Waals surface area contributed by atoms with Gasteiger partial charge in [-0.15, -0.1) is 24.0 Å². The van der Waals surface area contributed by atoms with Gasteiger partial charge in [-0.25, -0.2) is 0 Å². The third-order valence-corrected chi connectivity index (χ3v) is 6.16. The van der Waals surface area contributed by atoms with Gasteiger partial charge >= 0.3 is 0 Å². The number of halogens is 1. The van der Waals surface area contributed by atoms with Crippen molar-refractivity contribution in [1.82, 2.24) is 20.0 Å². The first kappa shape index (κ1) is 24.9. The minimum Gasteiger partial charge on any atom is -0.356 e. The van der Waals surface area contributed by atoms with Crippen molar-refractivity contribution in [3.63, 3.8) is 0 Å². The van der Waals surface area contributed by atoms with Crippen LogP contribution in [0.25, 0.3) is 0 Å². The van der Waals surface area contributed by atoms with Gasteiger partial charge in [0.15, 0.2) is 5.96 Å². The zero-order chi connectivity index (χ0) is 20.6. The van der Waals surface area contributed by atoms with Crippen molar-refractivity contribution >= 4 is 35.8 Å². The number of hydrogen-bond acceptors (Lipinski definition) is 3. The van der Waals surface area contributed by atoms with E-state index in [9.17, 15) is 4.79 Å². The van der Waals surface area contributed by atoms with Crippen LogP contribution in [0.5, 0.6) is 0 Å². The molecule has 1 aromatic carbocycles. The predicted octanol–water partition coefficient (Wildman–Crippen LogP) is 2.69. The van der Waals surface area contributed by atoms with Crippen LogP contribution < -0.4 is 5.32 Å². The summed E-state index contributed by atoms with van der Waals surface area (Å²) in [7, 11) is 5.58. The molecule has 0 radical (unpaired) electrons. The van der Waals surface area contributed by atoms with Crippen LogP contribution in [0.1, 0.15) is 31.2 Å². The van der Waals surface area contributed by atoms with Crippen LogP contribution in [-0.2, 0) is 11.2 Å². The van der Waals surface area contributed by atoms with E-state index >= 15 is 0 Å². The highest BCUT2D eigenvalue weighted by Gasteiger charge is 2.31. The monoisotopic (exact) mass is 527 g/mol. The Hall–Kier alpha value is -1.35. The molecule has 0 aliphatic carbocycles. The van der Waals surface area contributed by atoms with Crippen LogP contribution >= 0.6 is 24.0 Å². The Balaban J connectivity index is 0.00000320. The fourth-order valence-electron chi connectivity index (χ4n) is 4.63. The summed E-state index contributed by atoms with van der Waals surface area (Å²) >= 11 is 0. The van der Waals surface area contributed by atoms with E-state index in [1.54, 1.807) is 4.90 Å². The van der Waals surface area contributed by atoms with Crippen LogP contribution in [0.15, 0.2) is 35.3 Å². The minimum atomic E-state index is 0. The van der Waals surface area contributed by atoms with Crippen molar-refractivity contribution in [2.24, 2.45) is 10.9 Å². The topological polar surface area (TPSA) is 51.2 Å². The Bertz CT molecular complexity index is 681. The molecule has 6 nitrogen and oxygen atoms in total. The Kier molecular flexibility index (Phi) is 10.4. The van der Waals surface area contributed by atoms with Gasteiger partial charge in [0.1, 0.15) is 0 Å². The molecular weight excluding hydrogens is 489 g/mol. The summed E-state index contributed by atoms with van der Waals surface area (Å²) < 4.78 is 0. The molecule has 2 saturated heterocycles. The summed E-state index contributed by atoms with van der Waals surface area (Å²) in [6.45, 7) is 5.03. The first-order valence-corrected chi connectivity index (χ1v) is 11.0. The Morgan fingerprint density at radius 1 is 1.20 bits per heavy atom. The van der Waals surface area contributed by atoms with E-state index in [1.165, 1.54) is 12.0 Å². The average molecular weight is 527 g/mol. The number of likely N-dealkylation sites (tertiary alicyclic amines) is 2. The quantitative estimate of drug-likeness (QED) is 0.257. The van der Waals surface area contributed by atoms with E-state index in [4.69, 9.17) is 0 Å². The second-order valence-corrected chi connectivity index (χ2v) is 8.54. The summed E-state index contributed by atoms with van der Waals surface area (Å²) in [5, 5.41) is 3.54. The highest BCUT2D eigenvalue weighted by atomic mass is 127. The second kappa shape index (κ2) is 12.5. The number of likely N-dealkylation sites (N-methyl/N-ethyl adjacent to an activating group) is 1. The molecular formula is C23H38IN5O. The summed E-state index contributed by atoms with van der Waals surface area (Å²) in [5.74, 6) is 1.95. The third kappa shape index (κ3) is 6.83. The third-order valence-electron chi connectivity index (χ3n) is 6.16. The van der Waals surface area contributed by atoms with Crippen molar-refractivity contribution in [3.8, 4) is 0 Å². The standard InChI is InChI=1S/C23H37N5O.HI/c1-24-23(28-16-12-20(18-28)17-19-9-5-4-6-10-19)25-13-8-15-27-14-7-11-21(27)22(29)26(2)3;/h4-6,9-10,20-21H,7-8,11-18H2,1-3H3,(H,24,25);1H. The van der Waals surface area contributed by atoms with Crippen LogP contribution in [0.2, 0.25) is 0 Å². The lowest BCUT2D eigenvalue weighted by Gasteiger charge is -2.26. The van der Waals surface area contributed by atoms with E-state index in [0.29, 0.717) is 5.92 Å². The number of benzene rings is 1. The van der Waals surface area contributed by atoms with Gasteiger partial charge in [0.05, 0.1) is 6.04 Å². The molecule has 30 heavy (non-hydrogen) atoms. The van der Waals surface area contributed by atoms with Crippen LogP contribution in [0, 0.1) is 5.92 Å². The Labute approximate surface area is 199 Å². The number of carbonyl (C=O) groups excluding carboxylic acids is 1. The van der Waals surface area contributed by atoms with Crippen molar-refractivity contribution in [2.75, 3.05) is 53.9 Å². The lowest BCUT2D eigenvalue weighted by molar-refractivity contribution is -0.133. The number of amides is 1. The molecule has 1 N–H and O–H groups in total. The van der Waals surface area contributed by atoms with Crippen LogP contribution in [0.3, 0.4) is 0 Å². The molecule has 3 rings (SSSR count). The van der Waals surface area contributed by atoms with E-state index < -0.39 is 0 Å². The van der Waals surface area contributed by atoms with Gasteiger partial charge in [-0.3, -0.25) is 14.7 Å². The smallest absolute Gasteiger partial charge is 0.239 e. The maximum absolute atomic E-state index is 12.3. The SMILES string of the molecule is CN=C(NCCCN1CCCC1C(=O)N(C)C)N1CCC(Cc2ccccc2)C1.I. The molecule has 0 spiro atoms. The zero-order valence-corrected chi connectivity index (χ0v) is 21.0. The minimum absolute atomic E-state index is 0. The molecule has 0 saturated carbocycles. The van der Waals surface area contributed by atoms with Gasteiger partial charge in [-0.05, 0) is 50.1 Å². The maximum Gasteiger partial charge on any atom is 0.239 e. The van der Waals surface area contributed by atoms with Gasteiger partial charge < -0.3 is 15.1 Å². The molecule has 1 aromatic rings. The molecule has 2 fully saturated rings. The molecule has 1 amide bonds. The normalized spacial score (nSPS) is 22.1. The number of nitrogens with one attached hydrogen (secondary N) is 1. The van der Waals surface area contributed by atoms with E-state index in [2.05, 4.69) is 50.4 Å². The molecule has 7 heteroatoms. The highest BCUT2D eigenvalue weighted by Crippen LogP contribution is 2.21. The maximum atomic E-state index is 12.3. The lowest BCUT2D eigenvalue weighted by atomic mass is 9.99. The number of aliphatic imine (C=N–C) groups is 1. The molecule has 2 heterocycles. The molecule has 2 aliphatic rings. The summed E-state index contributed by atoms with van der Waals surface area (Å²) in [4.78, 5) is 23.3. The van der Waals surface area contributed by atoms with E-state index in [1.807, 2.05) is 21.1 Å². The molecule has 168 valence electrons. The first-order valence-electron chi connectivity index (χ1n) is 11.0. The van der Waals surface area contributed by atoms with Gasteiger partial charge in [-0.2, -0.15) is 0 Å². The Morgan fingerprint density at radius 3 is 2.67 bits per heavy atom. The summed E-state index contributed by atoms with van der Waals surface area (Å²) in [5.41, 5.74) is 1.43. The number of nitrogens with zero attached hydrogens (tertiary/aromatic N) is 4. The highest BCUT2D eigenvalue weighted by molar-refractivity contribution is 14.0. The first-order chi connectivity index (χ1) is 14.1. The second-order valence-electron chi connectivity index (χ2n) is 8.54. The fraction of sp³-hybridized carbons (Fsp3) is 0.652. The number of hydrogen-bond donors (Lipinski definition) is 1. The molecule has 2 atom stereocenters. The number of rotatable bonds is 7. The average Bonchev–Trinajstić information content (AvgIpc) is 3.38. The van der Waals surface area contributed by atoms with Crippen molar-refractivity contribution in [1.29, 1.82) is 0 Å². The zero-order valence-electron chi connectivity index (χ0n) is 18.7.